The number of aromatic nitrogens is 3. The van der Waals surface area contributed by atoms with Crippen molar-refractivity contribution in [1.29, 1.82) is 0 Å². The van der Waals surface area contributed by atoms with Gasteiger partial charge in [0.2, 0.25) is 5.91 Å². The van der Waals surface area contributed by atoms with E-state index in [-0.39, 0.29) is 5.91 Å². The molecule has 0 bridgehead atoms. The Bertz CT molecular complexity index is 809. The van der Waals surface area contributed by atoms with Crippen molar-refractivity contribution < 1.29 is 4.79 Å². The van der Waals surface area contributed by atoms with Crippen LogP contribution in [0.2, 0.25) is 0 Å². The summed E-state index contributed by atoms with van der Waals surface area (Å²) in [6, 6.07) is 14.1. The second kappa shape index (κ2) is 7.05. The van der Waals surface area contributed by atoms with Crippen molar-refractivity contribution in [1.82, 2.24) is 19.9 Å². The average Bonchev–Trinajstić information content (AvgIpc) is 2.97. The van der Waals surface area contributed by atoms with E-state index in [2.05, 4.69) is 40.6 Å². The van der Waals surface area contributed by atoms with E-state index >= 15 is 0 Å². The Balaban J connectivity index is 1.46. The largest absolute Gasteiger partial charge is 0.356 e. The molecule has 23 heavy (non-hydrogen) atoms. The van der Waals surface area contributed by atoms with Gasteiger partial charge in [0.15, 0.2) is 5.65 Å². The minimum Gasteiger partial charge on any atom is -0.356 e. The number of nitrogens with one attached hydrogen (secondary N) is 1. The standard InChI is InChI=1S/C18H20N4O/c1-14-5-4-6-15(13-14)8-9-18(23)19-11-10-17-21-20-16-7-2-3-12-22(16)17/h2-7,12-13H,8-11H2,1H3,(H,19,23). The second-order valence-electron chi connectivity index (χ2n) is 5.63. The lowest BCUT2D eigenvalue weighted by Gasteiger charge is -2.05. The number of hydrogen-bond donors (Lipinski definition) is 1. The van der Waals surface area contributed by atoms with Crippen LogP contribution < -0.4 is 5.32 Å². The molecule has 5 nitrogen and oxygen atoms in total. The highest BCUT2D eigenvalue weighted by atomic mass is 16.1. The Morgan fingerprint density at radius 3 is 2.91 bits per heavy atom. The molecule has 0 fully saturated rings. The molecule has 2 heterocycles. The van der Waals surface area contributed by atoms with Gasteiger partial charge in [0.25, 0.3) is 0 Å². The van der Waals surface area contributed by atoms with Crippen LogP contribution in [0.5, 0.6) is 0 Å². The minimum absolute atomic E-state index is 0.0697. The van der Waals surface area contributed by atoms with Crippen LogP contribution >= 0.6 is 0 Å². The number of fused-ring (bicyclic) bond motifs is 1. The van der Waals surface area contributed by atoms with E-state index in [1.54, 1.807) is 0 Å². The predicted octanol–water partition coefficient (Wildman–Crippen LogP) is 2.33. The molecule has 1 aromatic carbocycles. The zero-order valence-electron chi connectivity index (χ0n) is 13.2. The van der Waals surface area contributed by atoms with E-state index in [4.69, 9.17) is 0 Å². The van der Waals surface area contributed by atoms with Gasteiger partial charge >= 0.3 is 0 Å². The first-order chi connectivity index (χ1) is 11.2. The molecule has 0 spiro atoms. The van der Waals surface area contributed by atoms with Crippen LogP contribution in [0.3, 0.4) is 0 Å². The Labute approximate surface area is 135 Å². The van der Waals surface area contributed by atoms with E-state index in [1.165, 1.54) is 11.1 Å². The zero-order chi connectivity index (χ0) is 16.1. The summed E-state index contributed by atoms with van der Waals surface area (Å²) in [5.74, 6) is 0.930. The Morgan fingerprint density at radius 1 is 1.13 bits per heavy atom. The van der Waals surface area contributed by atoms with Crippen molar-refractivity contribution in [2.75, 3.05) is 6.54 Å². The van der Waals surface area contributed by atoms with Crippen molar-refractivity contribution in [2.24, 2.45) is 0 Å². The first-order valence-electron chi connectivity index (χ1n) is 7.83. The summed E-state index contributed by atoms with van der Waals surface area (Å²) in [4.78, 5) is 11.9. The van der Waals surface area contributed by atoms with E-state index in [0.29, 0.717) is 19.4 Å². The van der Waals surface area contributed by atoms with Gasteiger partial charge in [-0.1, -0.05) is 35.9 Å². The Hall–Kier alpha value is -2.69. The Kier molecular flexibility index (Phi) is 4.66. The molecular formula is C18H20N4O. The van der Waals surface area contributed by atoms with Crippen molar-refractivity contribution >= 4 is 11.6 Å². The van der Waals surface area contributed by atoms with E-state index in [9.17, 15) is 4.79 Å². The number of nitrogens with zero attached hydrogens (tertiary/aromatic N) is 3. The maximum Gasteiger partial charge on any atom is 0.220 e. The third-order valence-corrected chi connectivity index (χ3v) is 3.78. The monoisotopic (exact) mass is 308 g/mol. The summed E-state index contributed by atoms with van der Waals surface area (Å²) in [6.45, 7) is 2.63. The van der Waals surface area contributed by atoms with Gasteiger partial charge in [0, 0.05) is 25.6 Å². The highest BCUT2D eigenvalue weighted by Crippen LogP contribution is 2.06. The lowest BCUT2D eigenvalue weighted by molar-refractivity contribution is -0.121. The van der Waals surface area contributed by atoms with Crippen molar-refractivity contribution in [3.63, 3.8) is 0 Å². The number of benzene rings is 1. The molecule has 0 atom stereocenters. The molecule has 0 aliphatic heterocycles. The lowest BCUT2D eigenvalue weighted by atomic mass is 10.1. The molecule has 1 N–H and O–H groups in total. The summed E-state index contributed by atoms with van der Waals surface area (Å²) in [5.41, 5.74) is 3.25. The topological polar surface area (TPSA) is 59.3 Å². The van der Waals surface area contributed by atoms with Crippen LogP contribution in [0.15, 0.2) is 48.7 Å². The van der Waals surface area contributed by atoms with Gasteiger partial charge in [0.05, 0.1) is 0 Å². The molecule has 0 radical (unpaired) electrons. The quantitative estimate of drug-likeness (QED) is 0.760. The molecular weight excluding hydrogens is 288 g/mol. The van der Waals surface area contributed by atoms with Gasteiger partial charge in [-0.25, -0.2) is 0 Å². The van der Waals surface area contributed by atoms with Crippen molar-refractivity contribution in [2.45, 2.75) is 26.2 Å². The van der Waals surface area contributed by atoms with Crippen LogP contribution in [-0.4, -0.2) is 27.0 Å². The second-order valence-corrected chi connectivity index (χ2v) is 5.63. The molecule has 0 aliphatic rings. The first kappa shape index (κ1) is 15.2. The van der Waals surface area contributed by atoms with Crippen LogP contribution in [0.4, 0.5) is 0 Å². The number of hydrogen-bond acceptors (Lipinski definition) is 3. The fraction of sp³-hybridized carbons (Fsp3) is 0.278. The third kappa shape index (κ3) is 3.94. The van der Waals surface area contributed by atoms with Crippen molar-refractivity contribution in [3.05, 3.63) is 65.6 Å². The zero-order valence-corrected chi connectivity index (χ0v) is 13.2. The highest BCUT2D eigenvalue weighted by Gasteiger charge is 2.06. The predicted molar refractivity (Wildman–Crippen MR) is 89.2 cm³/mol. The van der Waals surface area contributed by atoms with E-state index < -0.39 is 0 Å². The maximum atomic E-state index is 11.9. The molecule has 0 unspecified atom stereocenters. The normalized spacial score (nSPS) is 10.8. The van der Waals surface area contributed by atoms with Gasteiger partial charge in [-0.2, -0.15) is 0 Å². The summed E-state index contributed by atoms with van der Waals surface area (Å²) in [5, 5.41) is 11.2. The van der Waals surface area contributed by atoms with Crippen molar-refractivity contribution in [3.8, 4) is 0 Å². The van der Waals surface area contributed by atoms with Crippen LogP contribution in [-0.2, 0) is 17.6 Å². The molecule has 0 aliphatic carbocycles. The fourth-order valence-corrected chi connectivity index (χ4v) is 2.59. The molecule has 118 valence electrons. The van der Waals surface area contributed by atoms with Gasteiger partial charge in [-0.3, -0.25) is 9.20 Å². The van der Waals surface area contributed by atoms with Crippen LogP contribution in [0.25, 0.3) is 5.65 Å². The molecule has 0 saturated carbocycles. The van der Waals surface area contributed by atoms with Crippen LogP contribution in [0.1, 0.15) is 23.4 Å². The van der Waals surface area contributed by atoms with Gasteiger partial charge in [-0.15, -0.1) is 10.2 Å². The number of pyridine rings is 1. The minimum atomic E-state index is 0.0697. The number of carbonyl (C=O) groups excluding carboxylic acids is 1. The van der Waals surface area contributed by atoms with Crippen LogP contribution in [0, 0.1) is 6.92 Å². The number of rotatable bonds is 6. The number of carbonyl (C=O) groups is 1. The molecule has 5 heteroatoms. The Morgan fingerprint density at radius 2 is 2.04 bits per heavy atom. The third-order valence-electron chi connectivity index (χ3n) is 3.78. The fourth-order valence-electron chi connectivity index (χ4n) is 2.59. The van der Waals surface area contributed by atoms with E-state index in [0.717, 1.165) is 17.9 Å². The van der Waals surface area contributed by atoms with Gasteiger partial charge in [-0.05, 0) is 31.0 Å². The van der Waals surface area contributed by atoms with Gasteiger partial charge < -0.3 is 5.32 Å². The molecule has 3 rings (SSSR count). The summed E-state index contributed by atoms with van der Waals surface area (Å²) < 4.78 is 1.94. The molecule has 0 saturated heterocycles. The number of aryl methyl sites for hydroxylation is 2. The summed E-state index contributed by atoms with van der Waals surface area (Å²) in [6.07, 6.45) is 3.87. The SMILES string of the molecule is Cc1cccc(CCC(=O)NCCc2nnc3ccccn23)c1. The molecule has 3 aromatic rings. The molecule has 1 amide bonds. The van der Waals surface area contributed by atoms with E-state index in [1.807, 2.05) is 34.9 Å². The lowest BCUT2D eigenvalue weighted by Crippen LogP contribution is -2.26. The maximum absolute atomic E-state index is 11.9. The smallest absolute Gasteiger partial charge is 0.220 e. The van der Waals surface area contributed by atoms with Gasteiger partial charge in [0.1, 0.15) is 5.82 Å². The summed E-state index contributed by atoms with van der Waals surface area (Å²) in [7, 11) is 0. The molecule has 2 aromatic heterocycles. The first-order valence-corrected chi connectivity index (χ1v) is 7.83. The average molecular weight is 308 g/mol. The highest BCUT2D eigenvalue weighted by molar-refractivity contribution is 5.76. The summed E-state index contributed by atoms with van der Waals surface area (Å²) >= 11 is 0. The number of amides is 1.